The van der Waals surface area contributed by atoms with Gasteiger partial charge in [0.15, 0.2) is 9.84 Å². The van der Waals surface area contributed by atoms with Crippen LogP contribution >= 0.6 is 0 Å². The van der Waals surface area contributed by atoms with Crippen molar-refractivity contribution in [1.29, 1.82) is 0 Å². The van der Waals surface area contributed by atoms with Crippen LogP contribution in [0.25, 0.3) is 0 Å². The van der Waals surface area contributed by atoms with Crippen LogP contribution in [0.3, 0.4) is 0 Å². The number of rotatable bonds is 7. The number of amides is 1. The van der Waals surface area contributed by atoms with Gasteiger partial charge in [0.25, 0.3) is 0 Å². The highest BCUT2D eigenvalue weighted by Crippen LogP contribution is 2.16. The lowest BCUT2D eigenvalue weighted by Crippen LogP contribution is -2.36. The van der Waals surface area contributed by atoms with E-state index in [0.29, 0.717) is 6.54 Å². The molecule has 1 amide bonds. The van der Waals surface area contributed by atoms with Gasteiger partial charge in [0.05, 0.1) is 18.1 Å². The maximum Gasteiger partial charge on any atom is 0.218 e. The molecule has 0 radical (unpaired) electrons. The summed E-state index contributed by atoms with van der Waals surface area (Å²) in [6, 6.07) is 0.0846. The Kier molecular flexibility index (Phi) is 5.35. The van der Waals surface area contributed by atoms with Gasteiger partial charge in [-0.15, -0.1) is 0 Å². The van der Waals surface area contributed by atoms with Crippen LogP contribution in [0.2, 0.25) is 0 Å². The van der Waals surface area contributed by atoms with Crippen molar-refractivity contribution >= 4 is 15.7 Å². The van der Waals surface area contributed by atoms with Gasteiger partial charge in [-0.2, -0.15) is 0 Å². The Morgan fingerprint density at radius 2 is 2.12 bits per heavy atom. The highest BCUT2D eigenvalue weighted by atomic mass is 32.2. The van der Waals surface area contributed by atoms with Gasteiger partial charge >= 0.3 is 0 Å². The highest BCUT2D eigenvalue weighted by molar-refractivity contribution is 7.91. The van der Waals surface area contributed by atoms with E-state index >= 15 is 0 Å². The van der Waals surface area contributed by atoms with Crippen molar-refractivity contribution in [2.75, 3.05) is 31.2 Å². The largest absolute Gasteiger partial charge is 0.395 e. The summed E-state index contributed by atoms with van der Waals surface area (Å²) < 4.78 is 23.2. The zero-order chi connectivity index (χ0) is 12.9. The van der Waals surface area contributed by atoms with Gasteiger partial charge in [0.1, 0.15) is 0 Å². The van der Waals surface area contributed by atoms with Crippen molar-refractivity contribution in [3.05, 3.63) is 0 Å². The second kappa shape index (κ2) is 6.32. The Labute approximate surface area is 102 Å². The first kappa shape index (κ1) is 14.4. The highest BCUT2D eigenvalue weighted by Gasteiger charge is 2.25. The Bertz CT molecular complexity index is 355. The van der Waals surface area contributed by atoms with Crippen LogP contribution < -0.4 is 5.73 Å². The Morgan fingerprint density at radius 3 is 2.71 bits per heavy atom. The molecule has 1 aliphatic heterocycles. The first-order valence-corrected chi connectivity index (χ1v) is 7.60. The van der Waals surface area contributed by atoms with Crippen molar-refractivity contribution < 1.29 is 18.3 Å². The van der Waals surface area contributed by atoms with E-state index < -0.39 is 15.7 Å². The van der Waals surface area contributed by atoms with Crippen LogP contribution in [0.5, 0.6) is 0 Å². The monoisotopic (exact) mass is 264 g/mol. The Hall–Kier alpha value is -0.660. The normalized spacial score (nSPS) is 21.8. The summed E-state index contributed by atoms with van der Waals surface area (Å²) in [7, 11) is -3.22. The average Bonchev–Trinajstić information content (AvgIpc) is 2.71. The lowest BCUT2D eigenvalue weighted by Gasteiger charge is -2.22. The fourth-order valence-electron chi connectivity index (χ4n) is 2.01. The zero-order valence-electron chi connectivity index (χ0n) is 9.84. The third-order valence-electron chi connectivity index (χ3n) is 3.06. The molecular formula is C10H20N2O4S. The Balaban J connectivity index is 2.36. The van der Waals surface area contributed by atoms with Crippen molar-refractivity contribution in [2.45, 2.75) is 25.3 Å². The first-order valence-electron chi connectivity index (χ1n) is 5.78. The molecule has 0 aromatic carbocycles. The fourth-order valence-corrected chi connectivity index (χ4v) is 3.24. The first-order chi connectivity index (χ1) is 7.94. The standard InChI is InChI=1S/C10H20N2O4S/c11-10(14)3-6-17(15,16)7-5-12-4-1-2-9(12)8-13/h9,13H,1-8H2,(H2,11,14). The van der Waals surface area contributed by atoms with Crippen LogP contribution in [0, 0.1) is 0 Å². The molecule has 17 heavy (non-hydrogen) atoms. The number of carbonyl (C=O) groups is 1. The molecule has 0 aromatic rings. The Morgan fingerprint density at radius 1 is 1.41 bits per heavy atom. The molecule has 1 rings (SSSR count). The molecule has 0 aliphatic carbocycles. The van der Waals surface area contributed by atoms with Gasteiger partial charge in [-0.3, -0.25) is 9.69 Å². The van der Waals surface area contributed by atoms with Crippen molar-refractivity contribution in [3.8, 4) is 0 Å². The maximum absolute atomic E-state index is 11.6. The molecule has 100 valence electrons. The zero-order valence-corrected chi connectivity index (χ0v) is 10.7. The third kappa shape index (κ3) is 5.01. The molecule has 1 saturated heterocycles. The van der Waals surface area contributed by atoms with Crippen molar-refractivity contribution in [1.82, 2.24) is 4.90 Å². The molecular weight excluding hydrogens is 244 g/mol. The second-order valence-corrected chi connectivity index (χ2v) is 6.69. The predicted octanol–water partition coefficient (Wildman–Crippen LogP) is -1.27. The molecule has 0 bridgehead atoms. The predicted molar refractivity (Wildman–Crippen MR) is 64.1 cm³/mol. The summed E-state index contributed by atoms with van der Waals surface area (Å²) in [6.07, 6.45) is 1.79. The second-order valence-electron chi connectivity index (χ2n) is 4.38. The van der Waals surface area contributed by atoms with Crippen LogP contribution in [0.1, 0.15) is 19.3 Å². The fraction of sp³-hybridized carbons (Fsp3) is 0.900. The van der Waals surface area contributed by atoms with Gasteiger partial charge in [-0.1, -0.05) is 0 Å². The maximum atomic E-state index is 11.6. The van der Waals surface area contributed by atoms with Gasteiger partial charge < -0.3 is 10.8 Å². The molecule has 3 N–H and O–H groups in total. The molecule has 1 atom stereocenters. The summed E-state index contributed by atoms with van der Waals surface area (Å²) in [4.78, 5) is 12.5. The number of nitrogens with zero attached hydrogens (tertiary/aromatic N) is 1. The molecule has 1 fully saturated rings. The lowest BCUT2D eigenvalue weighted by atomic mass is 10.2. The van der Waals surface area contributed by atoms with Crippen LogP contribution in [-0.4, -0.2) is 61.6 Å². The molecule has 1 aliphatic rings. The molecule has 1 unspecified atom stereocenters. The number of likely N-dealkylation sites (tertiary alicyclic amines) is 1. The van der Waals surface area contributed by atoms with E-state index in [1.54, 1.807) is 0 Å². The molecule has 0 saturated carbocycles. The quantitative estimate of drug-likeness (QED) is 0.597. The van der Waals surface area contributed by atoms with Gasteiger partial charge in [-0.05, 0) is 19.4 Å². The van der Waals surface area contributed by atoms with E-state index in [1.165, 1.54) is 0 Å². The minimum Gasteiger partial charge on any atom is -0.395 e. The van der Waals surface area contributed by atoms with E-state index in [1.807, 2.05) is 4.90 Å². The van der Waals surface area contributed by atoms with Crippen LogP contribution in [0.4, 0.5) is 0 Å². The minimum atomic E-state index is -3.22. The number of aliphatic hydroxyl groups excluding tert-OH is 1. The van der Waals surface area contributed by atoms with E-state index in [2.05, 4.69) is 0 Å². The topological polar surface area (TPSA) is 101 Å². The van der Waals surface area contributed by atoms with E-state index in [9.17, 15) is 13.2 Å². The van der Waals surface area contributed by atoms with Gasteiger partial charge in [0, 0.05) is 19.0 Å². The molecule has 0 spiro atoms. The SMILES string of the molecule is NC(=O)CCS(=O)(=O)CCN1CCCC1CO. The van der Waals surface area contributed by atoms with Gasteiger partial charge in [0.2, 0.25) is 5.91 Å². The van der Waals surface area contributed by atoms with Crippen molar-refractivity contribution in [2.24, 2.45) is 5.73 Å². The summed E-state index contributed by atoms with van der Waals surface area (Å²) in [5.41, 5.74) is 4.91. The smallest absolute Gasteiger partial charge is 0.218 e. The van der Waals surface area contributed by atoms with E-state index in [-0.39, 0.29) is 30.6 Å². The number of carbonyl (C=O) groups excluding carboxylic acids is 1. The number of aliphatic hydroxyl groups is 1. The van der Waals surface area contributed by atoms with Crippen LogP contribution in [0.15, 0.2) is 0 Å². The summed E-state index contributed by atoms with van der Waals surface area (Å²) >= 11 is 0. The number of primary amides is 1. The summed E-state index contributed by atoms with van der Waals surface area (Å²) in [5, 5.41) is 9.09. The number of hydrogen-bond donors (Lipinski definition) is 2. The van der Waals surface area contributed by atoms with Gasteiger partial charge in [-0.25, -0.2) is 8.42 Å². The van der Waals surface area contributed by atoms with E-state index in [0.717, 1.165) is 19.4 Å². The van der Waals surface area contributed by atoms with Crippen LogP contribution in [-0.2, 0) is 14.6 Å². The molecule has 0 aromatic heterocycles. The molecule has 6 nitrogen and oxygen atoms in total. The molecule has 1 heterocycles. The minimum absolute atomic E-state index is 0.0246. The van der Waals surface area contributed by atoms with Crippen molar-refractivity contribution in [3.63, 3.8) is 0 Å². The number of hydrogen-bond acceptors (Lipinski definition) is 5. The summed E-state index contributed by atoms with van der Waals surface area (Å²) in [6.45, 7) is 1.32. The third-order valence-corrected chi connectivity index (χ3v) is 4.69. The average molecular weight is 264 g/mol. The summed E-state index contributed by atoms with van der Waals surface area (Å²) in [5.74, 6) is -0.750. The number of sulfone groups is 1. The molecule has 7 heteroatoms. The number of nitrogens with two attached hydrogens (primary N) is 1. The lowest BCUT2D eigenvalue weighted by molar-refractivity contribution is -0.117. The van der Waals surface area contributed by atoms with E-state index in [4.69, 9.17) is 10.8 Å².